The number of ether oxygens (including phenoxy) is 2. The molecule has 0 unspecified atom stereocenters. The third-order valence-corrected chi connectivity index (χ3v) is 6.48. The highest BCUT2D eigenvalue weighted by Crippen LogP contribution is 2.29. The molecule has 0 fully saturated rings. The first-order valence-electron chi connectivity index (χ1n) is 10.5. The van der Waals surface area contributed by atoms with Crippen LogP contribution < -0.4 is 15.0 Å². The molecule has 33 heavy (non-hydrogen) atoms. The van der Waals surface area contributed by atoms with E-state index in [-0.39, 0.29) is 11.8 Å². The maximum atomic E-state index is 12.6. The molecule has 1 heterocycles. The second-order valence-electron chi connectivity index (χ2n) is 9.67. The number of anilines is 3. The molecule has 0 radical (unpaired) electrons. The fraction of sp³-hybridized carbons (Fsp3) is 0.455. The summed E-state index contributed by atoms with van der Waals surface area (Å²) in [4.78, 5) is 22.8. The largest absolute Gasteiger partial charge is 0.477 e. The number of oxime groups is 1. The predicted octanol–water partition coefficient (Wildman–Crippen LogP) is 5.88. The molecule has 0 aliphatic heterocycles. The van der Waals surface area contributed by atoms with Gasteiger partial charge < -0.3 is 20.0 Å². The van der Waals surface area contributed by atoms with E-state index in [1.54, 1.807) is 20.8 Å². The molecule has 1 aromatic heterocycles. The number of carbonyl (C=O) groups is 1. The maximum Gasteiger partial charge on any atom is 0.416 e. The van der Waals surface area contributed by atoms with Crippen molar-refractivity contribution in [1.82, 2.24) is 9.97 Å². The van der Waals surface area contributed by atoms with Crippen molar-refractivity contribution in [2.45, 2.75) is 52.1 Å². The lowest BCUT2D eigenvalue weighted by Crippen LogP contribution is -2.35. The van der Waals surface area contributed by atoms with Crippen molar-refractivity contribution < 1.29 is 19.5 Å². The predicted molar refractivity (Wildman–Crippen MR) is 137 cm³/mol. The molecule has 2 N–H and O–H groups in total. The molecule has 0 aliphatic rings. The van der Waals surface area contributed by atoms with Crippen molar-refractivity contribution in [3.8, 4) is 5.88 Å². The monoisotopic (exact) mass is 537 g/mol. The molecule has 0 spiro atoms. The molecule has 0 bridgehead atoms. The Kier molecular flexibility index (Phi) is 8.84. The van der Waals surface area contributed by atoms with Crippen LogP contribution in [0.4, 0.5) is 22.2 Å². The van der Waals surface area contributed by atoms with Crippen LogP contribution in [0.5, 0.6) is 5.88 Å². The first-order chi connectivity index (χ1) is 15.3. The Morgan fingerprint density at radius 3 is 2.42 bits per heavy atom. The number of benzene rings is 1. The highest BCUT2D eigenvalue weighted by atomic mass is 79.9. The van der Waals surface area contributed by atoms with Crippen LogP contribution in [-0.4, -0.2) is 54.8 Å². The summed E-state index contributed by atoms with van der Waals surface area (Å²) in [6, 6.07) is 8.37. The van der Waals surface area contributed by atoms with Crippen molar-refractivity contribution in [3.63, 3.8) is 0 Å². The minimum atomic E-state index is -1.36. The van der Waals surface area contributed by atoms with Gasteiger partial charge >= 0.3 is 6.09 Å². The van der Waals surface area contributed by atoms with Crippen LogP contribution in [0.3, 0.4) is 0 Å². The van der Waals surface area contributed by atoms with Crippen molar-refractivity contribution in [2.24, 2.45) is 5.16 Å². The molecule has 9 nitrogen and oxygen atoms in total. The Labute approximate surface area is 204 Å². The van der Waals surface area contributed by atoms with Gasteiger partial charge in [-0.1, -0.05) is 40.7 Å². The molecule has 2 aromatic rings. The standard InChI is InChI=1S/C22H32BrN5O4Si/c1-22(2,3)32-21(29)28(4)20-26-18(25-16-10-8-15(23)9-11-16)17(14-24-30)19(27-20)31-12-13-33(5,6)7/h8-11,14,30H,12-13H2,1-7H3,(H,25,26,27)/b24-14+. The lowest BCUT2D eigenvalue weighted by molar-refractivity contribution is 0.0587. The number of hydrogen-bond acceptors (Lipinski definition) is 8. The first kappa shape index (κ1) is 26.6. The van der Waals surface area contributed by atoms with E-state index in [1.807, 2.05) is 24.3 Å². The number of amides is 1. The third-order valence-electron chi connectivity index (χ3n) is 4.25. The summed E-state index contributed by atoms with van der Waals surface area (Å²) in [7, 11) is 0.163. The number of nitrogens with zero attached hydrogens (tertiary/aromatic N) is 4. The van der Waals surface area contributed by atoms with E-state index in [0.29, 0.717) is 18.0 Å². The number of halogens is 1. The summed E-state index contributed by atoms with van der Waals surface area (Å²) < 4.78 is 12.4. The van der Waals surface area contributed by atoms with Gasteiger partial charge in [-0.25, -0.2) is 9.69 Å². The molecular weight excluding hydrogens is 506 g/mol. The van der Waals surface area contributed by atoms with Crippen LogP contribution in [0.25, 0.3) is 0 Å². The number of nitrogens with one attached hydrogen (secondary N) is 1. The van der Waals surface area contributed by atoms with Gasteiger partial charge in [0.25, 0.3) is 0 Å². The van der Waals surface area contributed by atoms with E-state index in [9.17, 15) is 10.0 Å². The van der Waals surface area contributed by atoms with Gasteiger partial charge in [0.1, 0.15) is 17.0 Å². The van der Waals surface area contributed by atoms with E-state index in [0.717, 1.165) is 16.2 Å². The zero-order chi connectivity index (χ0) is 24.8. The van der Waals surface area contributed by atoms with E-state index >= 15 is 0 Å². The Morgan fingerprint density at radius 2 is 1.88 bits per heavy atom. The van der Waals surface area contributed by atoms with Crippen LogP contribution in [0.2, 0.25) is 25.7 Å². The Hall–Kier alpha value is -2.66. The lowest BCUT2D eigenvalue weighted by Gasteiger charge is -2.24. The molecule has 1 amide bonds. The Morgan fingerprint density at radius 1 is 1.24 bits per heavy atom. The molecule has 0 saturated heterocycles. The normalized spacial score (nSPS) is 12.0. The van der Waals surface area contributed by atoms with Crippen molar-refractivity contribution in [2.75, 3.05) is 23.9 Å². The fourth-order valence-electron chi connectivity index (χ4n) is 2.50. The molecule has 180 valence electrons. The highest BCUT2D eigenvalue weighted by Gasteiger charge is 2.25. The van der Waals surface area contributed by atoms with Gasteiger partial charge in [-0.05, 0) is 51.1 Å². The third kappa shape index (κ3) is 8.65. The van der Waals surface area contributed by atoms with Gasteiger partial charge in [-0.2, -0.15) is 9.97 Å². The van der Waals surface area contributed by atoms with Gasteiger partial charge in [0, 0.05) is 25.3 Å². The zero-order valence-corrected chi connectivity index (χ0v) is 22.7. The van der Waals surface area contributed by atoms with Crippen molar-refractivity contribution in [3.05, 3.63) is 34.3 Å². The van der Waals surface area contributed by atoms with Gasteiger partial charge in [0.15, 0.2) is 0 Å². The van der Waals surface area contributed by atoms with Crippen molar-refractivity contribution in [1.29, 1.82) is 0 Å². The molecule has 0 atom stereocenters. The molecule has 1 aromatic carbocycles. The summed E-state index contributed by atoms with van der Waals surface area (Å²) in [5, 5.41) is 15.6. The molecule has 0 aliphatic carbocycles. The Balaban J connectivity index is 2.50. The number of hydrogen-bond donors (Lipinski definition) is 2. The Bertz CT molecular complexity index is 988. The SMILES string of the molecule is CN(C(=O)OC(C)(C)C)c1nc(Nc2ccc(Br)cc2)c(/C=N/O)c(OCC[Si](C)(C)C)n1. The summed E-state index contributed by atoms with van der Waals surface area (Å²) in [6.07, 6.45) is 0.608. The zero-order valence-electron chi connectivity index (χ0n) is 20.1. The summed E-state index contributed by atoms with van der Waals surface area (Å²) in [5.74, 6) is 0.603. The van der Waals surface area contributed by atoms with Crippen LogP contribution in [0.15, 0.2) is 33.9 Å². The average Bonchev–Trinajstić information content (AvgIpc) is 2.69. The van der Waals surface area contributed by atoms with Gasteiger partial charge in [0.2, 0.25) is 11.8 Å². The quantitative estimate of drug-likeness (QED) is 0.187. The van der Waals surface area contributed by atoms with Crippen LogP contribution in [-0.2, 0) is 4.74 Å². The van der Waals surface area contributed by atoms with Crippen molar-refractivity contribution >= 4 is 53.8 Å². The highest BCUT2D eigenvalue weighted by molar-refractivity contribution is 9.10. The molecule has 0 saturated carbocycles. The van der Waals surface area contributed by atoms with Gasteiger partial charge in [-0.3, -0.25) is 0 Å². The summed E-state index contributed by atoms with van der Waals surface area (Å²) in [5.41, 5.74) is 0.421. The van der Waals surface area contributed by atoms with E-state index in [4.69, 9.17) is 9.47 Å². The number of aromatic nitrogens is 2. The fourth-order valence-corrected chi connectivity index (χ4v) is 3.48. The molecular formula is C22H32BrN5O4Si. The number of rotatable bonds is 8. The molecule has 11 heteroatoms. The van der Waals surface area contributed by atoms with E-state index in [2.05, 4.69) is 56.0 Å². The maximum absolute atomic E-state index is 12.6. The van der Waals surface area contributed by atoms with Gasteiger partial charge in [0.05, 0.1) is 12.8 Å². The second-order valence-corrected chi connectivity index (χ2v) is 16.2. The average molecular weight is 539 g/mol. The minimum Gasteiger partial charge on any atom is -0.477 e. The van der Waals surface area contributed by atoms with Crippen LogP contribution in [0, 0.1) is 0 Å². The van der Waals surface area contributed by atoms with E-state index in [1.165, 1.54) is 18.2 Å². The topological polar surface area (TPSA) is 109 Å². The summed E-state index contributed by atoms with van der Waals surface area (Å²) >= 11 is 3.41. The van der Waals surface area contributed by atoms with Crippen LogP contribution >= 0.6 is 15.9 Å². The van der Waals surface area contributed by atoms with Crippen LogP contribution in [0.1, 0.15) is 26.3 Å². The van der Waals surface area contributed by atoms with E-state index < -0.39 is 19.8 Å². The second kappa shape index (κ2) is 11.0. The summed E-state index contributed by atoms with van der Waals surface area (Å²) in [6.45, 7) is 12.5. The first-order valence-corrected chi connectivity index (χ1v) is 15.0. The number of carbonyl (C=O) groups excluding carboxylic acids is 1. The smallest absolute Gasteiger partial charge is 0.416 e. The minimum absolute atomic E-state index is 0.0851. The molecule has 2 rings (SSSR count). The lowest BCUT2D eigenvalue weighted by atomic mass is 10.2. The van der Waals surface area contributed by atoms with Gasteiger partial charge in [-0.15, -0.1) is 0 Å².